The summed E-state index contributed by atoms with van der Waals surface area (Å²) in [5.74, 6) is -4.08. The van der Waals surface area contributed by atoms with E-state index in [-0.39, 0.29) is 28.7 Å². The van der Waals surface area contributed by atoms with Crippen LogP contribution in [0.3, 0.4) is 0 Å². The molecule has 0 bridgehead atoms. The number of hydrogen-bond donors (Lipinski definition) is 3. The van der Waals surface area contributed by atoms with Gasteiger partial charge < -0.3 is 30.4 Å². The summed E-state index contributed by atoms with van der Waals surface area (Å²) in [7, 11) is 0. The molecule has 3 heterocycles. The second-order valence-corrected chi connectivity index (χ2v) is 8.70. The molecule has 0 radical (unpaired) electrons. The van der Waals surface area contributed by atoms with E-state index in [1.54, 1.807) is 0 Å². The van der Waals surface area contributed by atoms with Gasteiger partial charge in [0.1, 0.15) is 23.5 Å². The normalized spacial score (nSPS) is 23.2. The van der Waals surface area contributed by atoms with Crippen LogP contribution in [-0.2, 0) is 33.3 Å². The predicted octanol–water partition coefficient (Wildman–Crippen LogP) is -0.562. The first-order valence-electron chi connectivity index (χ1n) is 10.5. The number of H-pyrrole nitrogens is 1. The van der Waals surface area contributed by atoms with Crippen molar-refractivity contribution in [3.8, 4) is 0 Å². The van der Waals surface area contributed by atoms with Gasteiger partial charge in [0.05, 0.1) is 0 Å². The lowest BCUT2D eigenvalue weighted by Gasteiger charge is -2.23. The largest absolute Gasteiger partial charge is 0.462 e. The summed E-state index contributed by atoms with van der Waals surface area (Å²) in [6, 6.07) is -1.29. The third kappa shape index (κ3) is 5.98. The molecule has 14 nitrogen and oxygen atoms in total. The summed E-state index contributed by atoms with van der Waals surface area (Å²) < 4.78 is 30.5. The van der Waals surface area contributed by atoms with Crippen LogP contribution in [0.4, 0.5) is 5.95 Å². The zero-order chi connectivity index (χ0) is 26.2. The first kappa shape index (κ1) is 26.6. The molecule has 1 saturated heterocycles. The molecular formula is C19H26ClN5O9S. The van der Waals surface area contributed by atoms with E-state index in [0.717, 1.165) is 18.4 Å². The lowest BCUT2D eigenvalue weighted by molar-refractivity contribution is -0.166. The van der Waals surface area contributed by atoms with Crippen molar-refractivity contribution in [2.24, 2.45) is 11.6 Å². The van der Waals surface area contributed by atoms with Gasteiger partial charge in [-0.2, -0.15) is 4.98 Å². The summed E-state index contributed by atoms with van der Waals surface area (Å²) in [5.41, 5.74) is 10.6. The quantitative estimate of drug-likeness (QED) is 0.300. The summed E-state index contributed by atoms with van der Waals surface area (Å²) in [4.78, 5) is 66.6. The van der Waals surface area contributed by atoms with Crippen LogP contribution in [0, 0.1) is 5.89 Å². The third-order valence-corrected chi connectivity index (χ3v) is 5.84. The monoisotopic (exact) mass is 536 g/mol. The van der Waals surface area contributed by atoms with E-state index >= 15 is 0 Å². The Hall–Kier alpha value is -3.01. The number of aromatic amines is 1. The van der Waals surface area contributed by atoms with Gasteiger partial charge in [0.15, 0.2) is 24.1 Å². The predicted molar refractivity (Wildman–Crippen MR) is 125 cm³/mol. The number of hydrogen-bond acceptors (Lipinski definition) is 13. The van der Waals surface area contributed by atoms with Crippen LogP contribution in [-0.4, -0.2) is 63.4 Å². The zero-order valence-corrected chi connectivity index (χ0v) is 20.8. The molecule has 0 saturated carbocycles. The average Bonchev–Trinajstić information content (AvgIpc) is 3.21. The number of nitrogens with zero attached hydrogens (tertiary/aromatic N) is 2. The Morgan fingerprint density at radius 1 is 1.23 bits per heavy atom. The van der Waals surface area contributed by atoms with Crippen LogP contribution in [0.25, 0.3) is 10.3 Å². The Bertz CT molecular complexity index is 1270. The number of halogens is 1. The molecule has 2 aromatic heterocycles. The summed E-state index contributed by atoms with van der Waals surface area (Å²) in [6.45, 7) is 4.54. The number of esters is 3. The number of thiazole rings is 1. The van der Waals surface area contributed by atoms with Gasteiger partial charge in [0, 0.05) is 15.2 Å². The maximum absolute atomic E-state index is 12.8. The molecule has 35 heavy (non-hydrogen) atoms. The zero-order valence-electron chi connectivity index (χ0n) is 20.1. The van der Waals surface area contributed by atoms with E-state index < -0.39 is 71.4 Å². The van der Waals surface area contributed by atoms with E-state index in [2.05, 4.69) is 9.97 Å². The van der Waals surface area contributed by atoms with Gasteiger partial charge in [-0.05, 0) is 5.89 Å². The number of nitrogens with one attached hydrogen (secondary N) is 1. The van der Waals surface area contributed by atoms with Crippen molar-refractivity contribution >= 4 is 57.9 Å². The van der Waals surface area contributed by atoms with Crippen LogP contribution < -0.4 is 21.9 Å². The van der Waals surface area contributed by atoms with E-state index in [4.69, 9.17) is 31.8 Å². The SMILES string of the molecule is Cl.[2H]C(C)(C)[C@H](N)C(=O)OC[C@H]1OC(n2c(=O)sc3c(=O)[nH]c(N)nc32)[C@H](OC(C)=O)[C@@H]1OC(C)=O. The van der Waals surface area contributed by atoms with E-state index in [1.165, 1.54) is 13.8 Å². The Morgan fingerprint density at radius 2 is 1.83 bits per heavy atom. The highest BCUT2D eigenvalue weighted by atomic mass is 35.5. The number of aromatic nitrogens is 3. The summed E-state index contributed by atoms with van der Waals surface area (Å²) >= 11 is 0.558. The lowest BCUT2D eigenvalue weighted by Crippen LogP contribution is -2.43. The molecule has 1 unspecified atom stereocenters. The molecule has 194 valence electrons. The topological polar surface area (TPSA) is 208 Å². The van der Waals surface area contributed by atoms with Gasteiger partial charge in [0.2, 0.25) is 5.95 Å². The van der Waals surface area contributed by atoms with Gasteiger partial charge >= 0.3 is 22.8 Å². The van der Waals surface area contributed by atoms with Crippen molar-refractivity contribution in [3.63, 3.8) is 0 Å². The molecule has 1 fully saturated rings. The smallest absolute Gasteiger partial charge is 0.323 e. The number of carbonyl (C=O) groups excluding carboxylic acids is 3. The molecule has 16 heteroatoms. The molecular weight excluding hydrogens is 510 g/mol. The second kappa shape index (κ2) is 11.2. The summed E-state index contributed by atoms with van der Waals surface area (Å²) in [5, 5.41) is 0. The molecule has 5 N–H and O–H groups in total. The number of fused-ring (bicyclic) bond motifs is 1. The molecule has 1 aliphatic heterocycles. The fraction of sp³-hybridized carbons (Fsp3) is 0.579. The minimum Gasteiger partial charge on any atom is -0.462 e. The molecule has 5 atom stereocenters. The number of anilines is 1. The fourth-order valence-corrected chi connectivity index (χ4v) is 4.20. The Labute approximate surface area is 209 Å². The van der Waals surface area contributed by atoms with Crippen molar-refractivity contribution in [2.75, 3.05) is 12.3 Å². The minimum absolute atomic E-state index is 0. The van der Waals surface area contributed by atoms with Crippen molar-refractivity contribution in [1.29, 1.82) is 0 Å². The molecule has 0 spiro atoms. The van der Waals surface area contributed by atoms with Gasteiger partial charge in [-0.3, -0.25) is 33.5 Å². The number of rotatable bonds is 7. The van der Waals surface area contributed by atoms with Crippen molar-refractivity contribution in [1.82, 2.24) is 14.5 Å². The second-order valence-electron chi connectivity index (χ2n) is 7.74. The van der Waals surface area contributed by atoms with E-state index in [1.807, 2.05) is 0 Å². The van der Waals surface area contributed by atoms with Crippen molar-refractivity contribution < 1.29 is 34.7 Å². The van der Waals surface area contributed by atoms with Crippen LogP contribution in [0.15, 0.2) is 9.59 Å². The number of nitrogen functional groups attached to an aromatic ring is 1. The first-order chi connectivity index (χ1) is 16.2. The van der Waals surface area contributed by atoms with Crippen LogP contribution in [0.2, 0.25) is 0 Å². The van der Waals surface area contributed by atoms with Crippen molar-refractivity contribution in [2.45, 2.75) is 58.3 Å². The molecule has 0 aromatic carbocycles. The third-order valence-electron chi connectivity index (χ3n) is 4.90. The molecule has 0 aliphatic carbocycles. The molecule has 0 amide bonds. The maximum Gasteiger partial charge on any atom is 0.323 e. The van der Waals surface area contributed by atoms with Gasteiger partial charge in [-0.1, -0.05) is 25.2 Å². The highest BCUT2D eigenvalue weighted by Crippen LogP contribution is 2.35. The Kier molecular flexibility index (Phi) is 8.47. The lowest BCUT2D eigenvalue weighted by atomic mass is 10.1. The molecule has 1 aliphatic rings. The minimum atomic E-state index is -1.41. The average molecular weight is 537 g/mol. The van der Waals surface area contributed by atoms with E-state index in [9.17, 15) is 24.0 Å². The van der Waals surface area contributed by atoms with Gasteiger partial charge in [0.25, 0.3) is 5.56 Å². The number of nitrogens with two attached hydrogens (primary N) is 2. The Balaban J connectivity index is 0.00000456. The van der Waals surface area contributed by atoms with Crippen LogP contribution in [0.5, 0.6) is 0 Å². The van der Waals surface area contributed by atoms with E-state index in [0.29, 0.717) is 11.3 Å². The van der Waals surface area contributed by atoms with Gasteiger partial charge in [-0.15, -0.1) is 12.4 Å². The maximum atomic E-state index is 12.8. The number of ether oxygens (including phenoxy) is 4. The molecule has 2 aromatic rings. The highest BCUT2D eigenvalue weighted by molar-refractivity contribution is 7.16. The fourth-order valence-electron chi connectivity index (χ4n) is 3.36. The van der Waals surface area contributed by atoms with Gasteiger partial charge in [-0.25, -0.2) is 0 Å². The molecule has 3 rings (SSSR count). The standard InChI is InChI=1S/C19H25N5O9S.ClH/c1-6(2)10(20)17(28)30-5-9-11(31-7(3)25)12(32-8(4)26)16(33-9)24-14-13(34-19(24)29)15(27)23-18(21)22-14;/h6,9-12,16H,5,20H2,1-4H3,(H3,21,22,23,27);1H/t9-,10+,11-,12-,16?;/m1./s1/i6D;. The number of carbonyl (C=O) groups is 3. The highest BCUT2D eigenvalue weighted by Gasteiger charge is 2.51. The first-order valence-corrected chi connectivity index (χ1v) is 10.8. The van der Waals surface area contributed by atoms with Crippen molar-refractivity contribution in [3.05, 3.63) is 20.0 Å². The summed E-state index contributed by atoms with van der Waals surface area (Å²) in [6.07, 6.45) is -5.31. The Morgan fingerprint density at radius 3 is 2.40 bits per heavy atom. The van der Waals surface area contributed by atoms with Crippen LogP contribution >= 0.6 is 23.7 Å². The van der Waals surface area contributed by atoms with Crippen LogP contribution in [0.1, 0.15) is 35.3 Å².